The van der Waals surface area contributed by atoms with E-state index >= 15 is 0 Å². The second-order valence-electron chi connectivity index (χ2n) is 4.56. The van der Waals surface area contributed by atoms with Crippen LogP contribution in [0.15, 0.2) is 6.07 Å². The average Bonchev–Trinajstić information content (AvgIpc) is 2.81. The topological polar surface area (TPSA) is 87.0 Å². The Hall–Kier alpha value is -2.38. The molecule has 1 N–H and O–H groups in total. The van der Waals surface area contributed by atoms with Crippen molar-refractivity contribution in [1.82, 2.24) is 24.7 Å². The lowest BCUT2D eigenvalue weighted by Crippen LogP contribution is -2.11. The summed E-state index contributed by atoms with van der Waals surface area (Å²) in [5, 5.41) is 7.54. The van der Waals surface area contributed by atoms with Crippen molar-refractivity contribution in [1.29, 1.82) is 0 Å². The summed E-state index contributed by atoms with van der Waals surface area (Å²) < 4.78 is 12.0. The van der Waals surface area contributed by atoms with Gasteiger partial charge in [-0.15, -0.1) is 4.98 Å². The van der Waals surface area contributed by atoms with Gasteiger partial charge in [-0.3, -0.25) is 4.68 Å². The molecule has 0 fully saturated rings. The van der Waals surface area contributed by atoms with E-state index in [-0.39, 0.29) is 12.0 Å². The number of nitrogens with zero attached hydrogens (tertiary/aromatic N) is 5. The number of hydrogen-bond donors (Lipinski definition) is 1. The van der Waals surface area contributed by atoms with Crippen LogP contribution in [0.25, 0.3) is 0 Å². The van der Waals surface area contributed by atoms with Crippen LogP contribution in [-0.2, 0) is 6.54 Å². The van der Waals surface area contributed by atoms with Crippen LogP contribution in [0.5, 0.6) is 12.0 Å². The minimum Gasteiger partial charge on any atom is -0.467 e. The van der Waals surface area contributed by atoms with Crippen molar-refractivity contribution in [3.05, 3.63) is 17.5 Å². The third-order valence-electron chi connectivity index (χ3n) is 2.89. The largest absolute Gasteiger partial charge is 0.467 e. The molecule has 114 valence electrons. The predicted octanol–water partition coefficient (Wildman–Crippen LogP) is 1.20. The van der Waals surface area contributed by atoms with Gasteiger partial charge >= 0.3 is 12.0 Å². The number of hydrogen-bond acceptors (Lipinski definition) is 7. The van der Waals surface area contributed by atoms with Crippen molar-refractivity contribution in [3.63, 3.8) is 0 Å². The molecule has 0 bridgehead atoms. The molecule has 0 atom stereocenters. The van der Waals surface area contributed by atoms with E-state index in [1.807, 2.05) is 11.6 Å². The lowest BCUT2D eigenvalue weighted by atomic mass is 10.4. The van der Waals surface area contributed by atoms with Gasteiger partial charge in [0.25, 0.3) is 0 Å². The highest BCUT2D eigenvalue weighted by atomic mass is 16.5. The zero-order chi connectivity index (χ0) is 15.2. The highest BCUT2D eigenvalue weighted by Gasteiger charge is 2.06. The molecule has 0 aliphatic heterocycles. The summed E-state index contributed by atoms with van der Waals surface area (Å²) in [5.41, 5.74) is 2.20. The molecule has 0 amide bonds. The summed E-state index contributed by atoms with van der Waals surface area (Å²) >= 11 is 0. The second-order valence-corrected chi connectivity index (χ2v) is 4.56. The Morgan fingerprint density at radius 2 is 1.76 bits per heavy atom. The molecule has 0 radical (unpaired) electrons. The van der Waals surface area contributed by atoms with Gasteiger partial charge in [-0.2, -0.15) is 15.1 Å². The molecule has 0 saturated carbocycles. The highest BCUT2D eigenvalue weighted by Crippen LogP contribution is 2.12. The van der Waals surface area contributed by atoms with Crippen LogP contribution < -0.4 is 14.8 Å². The van der Waals surface area contributed by atoms with Gasteiger partial charge < -0.3 is 14.8 Å². The zero-order valence-corrected chi connectivity index (χ0v) is 12.8. The number of anilines is 1. The Kier molecular flexibility index (Phi) is 4.91. The number of methoxy groups -OCH3 is 2. The molecule has 2 heterocycles. The molecule has 0 aromatic carbocycles. The van der Waals surface area contributed by atoms with Gasteiger partial charge in [0.15, 0.2) is 0 Å². The van der Waals surface area contributed by atoms with Crippen molar-refractivity contribution in [3.8, 4) is 12.0 Å². The molecule has 21 heavy (non-hydrogen) atoms. The van der Waals surface area contributed by atoms with E-state index in [2.05, 4.69) is 38.4 Å². The first kappa shape index (κ1) is 15.0. The zero-order valence-electron chi connectivity index (χ0n) is 12.8. The molecule has 0 spiro atoms. The Morgan fingerprint density at radius 3 is 2.29 bits per heavy atom. The first-order chi connectivity index (χ1) is 10.1. The highest BCUT2D eigenvalue weighted by molar-refractivity contribution is 5.27. The van der Waals surface area contributed by atoms with Crippen LogP contribution in [0.4, 0.5) is 5.95 Å². The normalized spacial score (nSPS) is 10.5. The fourth-order valence-electron chi connectivity index (χ4n) is 1.93. The Labute approximate surface area is 123 Å². The van der Waals surface area contributed by atoms with Gasteiger partial charge in [0.2, 0.25) is 5.95 Å². The van der Waals surface area contributed by atoms with Crippen molar-refractivity contribution in [2.45, 2.75) is 26.8 Å². The number of aromatic nitrogens is 5. The Balaban J connectivity index is 1.87. The summed E-state index contributed by atoms with van der Waals surface area (Å²) in [7, 11) is 3.00. The van der Waals surface area contributed by atoms with Gasteiger partial charge in [-0.1, -0.05) is 0 Å². The number of nitrogens with one attached hydrogen (secondary N) is 1. The maximum absolute atomic E-state index is 5.00. The minimum absolute atomic E-state index is 0.225. The average molecular weight is 292 g/mol. The Morgan fingerprint density at radius 1 is 1.10 bits per heavy atom. The number of ether oxygens (including phenoxy) is 2. The van der Waals surface area contributed by atoms with Crippen LogP contribution in [0, 0.1) is 13.8 Å². The fourth-order valence-corrected chi connectivity index (χ4v) is 1.93. The Bertz CT molecular complexity index is 576. The van der Waals surface area contributed by atoms with Gasteiger partial charge in [-0.05, 0) is 26.3 Å². The summed E-state index contributed by atoms with van der Waals surface area (Å²) in [5.74, 6) is 0.437. The van der Waals surface area contributed by atoms with E-state index in [1.165, 1.54) is 14.2 Å². The van der Waals surface area contributed by atoms with Gasteiger partial charge in [0, 0.05) is 18.8 Å². The molecule has 2 aromatic heterocycles. The van der Waals surface area contributed by atoms with Crippen molar-refractivity contribution >= 4 is 5.95 Å². The van der Waals surface area contributed by atoms with E-state index in [4.69, 9.17) is 9.47 Å². The molecule has 8 heteroatoms. The maximum Gasteiger partial charge on any atom is 0.324 e. The maximum atomic E-state index is 5.00. The molecule has 0 aliphatic rings. The molecule has 0 saturated heterocycles. The van der Waals surface area contributed by atoms with Crippen molar-refractivity contribution in [2.24, 2.45) is 0 Å². The van der Waals surface area contributed by atoms with Crippen LogP contribution in [0.1, 0.15) is 17.8 Å². The van der Waals surface area contributed by atoms with E-state index in [0.717, 1.165) is 24.4 Å². The van der Waals surface area contributed by atoms with E-state index in [9.17, 15) is 0 Å². The first-order valence-electron chi connectivity index (χ1n) is 6.71. The monoisotopic (exact) mass is 292 g/mol. The number of rotatable bonds is 7. The third kappa shape index (κ3) is 4.04. The second kappa shape index (κ2) is 6.87. The van der Waals surface area contributed by atoms with Crippen LogP contribution in [-0.4, -0.2) is 45.5 Å². The van der Waals surface area contributed by atoms with Crippen LogP contribution >= 0.6 is 0 Å². The van der Waals surface area contributed by atoms with E-state index in [0.29, 0.717) is 12.5 Å². The third-order valence-corrected chi connectivity index (χ3v) is 2.89. The van der Waals surface area contributed by atoms with Gasteiger partial charge in [-0.25, -0.2) is 0 Å². The quantitative estimate of drug-likeness (QED) is 0.767. The fraction of sp³-hybridized carbons (Fsp3) is 0.538. The molecule has 0 aliphatic carbocycles. The van der Waals surface area contributed by atoms with E-state index < -0.39 is 0 Å². The summed E-state index contributed by atoms with van der Waals surface area (Å²) in [4.78, 5) is 12.2. The standard InChI is InChI=1S/C13H20N6O2/c1-9-8-10(2)19(18-9)7-5-6-14-11-15-12(20-3)17-13(16-11)21-4/h8H,5-7H2,1-4H3,(H,14,15,16,17). The summed E-state index contributed by atoms with van der Waals surface area (Å²) in [6.07, 6.45) is 0.901. The summed E-state index contributed by atoms with van der Waals surface area (Å²) in [6, 6.07) is 2.51. The smallest absolute Gasteiger partial charge is 0.324 e. The molecule has 8 nitrogen and oxygen atoms in total. The molecule has 2 rings (SSSR count). The number of aryl methyl sites for hydroxylation is 3. The molecular weight excluding hydrogens is 272 g/mol. The molecular formula is C13H20N6O2. The lowest BCUT2D eigenvalue weighted by Gasteiger charge is -2.08. The first-order valence-corrected chi connectivity index (χ1v) is 6.71. The summed E-state index contributed by atoms with van der Waals surface area (Å²) in [6.45, 7) is 5.60. The van der Waals surface area contributed by atoms with Gasteiger partial charge in [0.05, 0.1) is 19.9 Å². The van der Waals surface area contributed by atoms with Gasteiger partial charge in [0.1, 0.15) is 0 Å². The van der Waals surface area contributed by atoms with Crippen LogP contribution in [0.3, 0.4) is 0 Å². The van der Waals surface area contributed by atoms with Crippen LogP contribution in [0.2, 0.25) is 0 Å². The van der Waals surface area contributed by atoms with Crippen molar-refractivity contribution < 1.29 is 9.47 Å². The SMILES string of the molecule is COc1nc(NCCCn2nc(C)cc2C)nc(OC)n1. The predicted molar refractivity (Wildman–Crippen MR) is 77.7 cm³/mol. The molecule has 2 aromatic rings. The van der Waals surface area contributed by atoms with Crippen molar-refractivity contribution in [2.75, 3.05) is 26.1 Å². The van der Waals surface area contributed by atoms with E-state index in [1.54, 1.807) is 0 Å². The minimum atomic E-state index is 0.225. The molecule has 0 unspecified atom stereocenters. The lowest BCUT2D eigenvalue weighted by molar-refractivity contribution is 0.341.